The number of nitro benzene ring substituents is 1. The fraction of sp³-hybridized carbons (Fsp3) is 0.167. The normalized spacial score (nSPS) is 10.2. The molecule has 0 saturated heterocycles. The fourth-order valence-electron chi connectivity index (χ4n) is 1.56. The Morgan fingerprint density at radius 1 is 1.47 bits per heavy atom. The summed E-state index contributed by atoms with van der Waals surface area (Å²) >= 11 is 0. The Morgan fingerprint density at radius 3 is 2.84 bits per heavy atom. The second-order valence-electron chi connectivity index (χ2n) is 3.87. The summed E-state index contributed by atoms with van der Waals surface area (Å²) < 4.78 is 6.98. The number of aryl methyl sites for hydroxylation is 1. The number of aromatic nitrogens is 2. The molecular formula is C12H11N3O4. The van der Waals surface area contributed by atoms with E-state index in [1.165, 1.54) is 18.2 Å². The lowest BCUT2D eigenvalue weighted by Gasteiger charge is -2.05. The van der Waals surface area contributed by atoms with Gasteiger partial charge in [-0.3, -0.25) is 19.6 Å². The van der Waals surface area contributed by atoms with Crippen LogP contribution in [-0.4, -0.2) is 21.0 Å². The third kappa shape index (κ3) is 2.95. The zero-order valence-electron chi connectivity index (χ0n) is 10.1. The van der Waals surface area contributed by atoms with E-state index in [4.69, 9.17) is 4.74 Å². The lowest BCUT2D eigenvalue weighted by molar-refractivity contribution is -0.386. The molecule has 0 amide bonds. The molecule has 2 rings (SSSR count). The van der Waals surface area contributed by atoms with Crippen molar-refractivity contribution in [3.63, 3.8) is 0 Å². The van der Waals surface area contributed by atoms with Gasteiger partial charge in [0.2, 0.25) is 0 Å². The Bertz CT molecular complexity index is 621. The van der Waals surface area contributed by atoms with Gasteiger partial charge in [-0.05, 0) is 18.2 Å². The Balaban J connectivity index is 2.19. The van der Waals surface area contributed by atoms with Crippen LogP contribution < -0.4 is 4.74 Å². The molecule has 0 bridgehead atoms. The third-order valence-electron chi connectivity index (χ3n) is 2.46. The van der Waals surface area contributed by atoms with E-state index in [9.17, 15) is 14.9 Å². The number of rotatable bonds is 5. The summed E-state index contributed by atoms with van der Waals surface area (Å²) in [7, 11) is 1.77. The smallest absolute Gasteiger partial charge is 0.311 e. The predicted molar refractivity (Wildman–Crippen MR) is 66.0 cm³/mol. The first-order valence-electron chi connectivity index (χ1n) is 5.45. The van der Waals surface area contributed by atoms with E-state index in [2.05, 4.69) is 5.10 Å². The predicted octanol–water partition coefficient (Wildman–Crippen LogP) is 1.72. The van der Waals surface area contributed by atoms with Gasteiger partial charge in [-0.2, -0.15) is 5.10 Å². The van der Waals surface area contributed by atoms with Crippen LogP contribution in [-0.2, 0) is 13.7 Å². The van der Waals surface area contributed by atoms with Gasteiger partial charge in [-0.25, -0.2) is 0 Å². The van der Waals surface area contributed by atoms with Crippen LogP contribution in [0.4, 0.5) is 5.69 Å². The summed E-state index contributed by atoms with van der Waals surface area (Å²) in [4.78, 5) is 20.9. The summed E-state index contributed by atoms with van der Waals surface area (Å²) in [5, 5.41) is 15.0. The van der Waals surface area contributed by atoms with Crippen LogP contribution >= 0.6 is 0 Å². The molecule has 0 fully saturated rings. The standard InChI is InChI=1S/C12H11N3O4/c1-14-5-4-10(13-14)8-19-12-3-2-9(7-16)6-11(12)15(17)18/h2-7H,8H2,1H3. The van der Waals surface area contributed by atoms with Gasteiger partial charge >= 0.3 is 5.69 Å². The number of hydrogen-bond acceptors (Lipinski definition) is 5. The van der Waals surface area contributed by atoms with E-state index in [1.807, 2.05) is 0 Å². The topological polar surface area (TPSA) is 87.3 Å². The molecule has 1 aromatic carbocycles. The number of hydrogen-bond donors (Lipinski definition) is 0. The van der Waals surface area contributed by atoms with Crippen molar-refractivity contribution in [2.45, 2.75) is 6.61 Å². The number of carbonyl (C=O) groups excluding carboxylic acids is 1. The van der Waals surface area contributed by atoms with Gasteiger partial charge in [-0.15, -0.1) is 0 Å². The molecule has 7 nitrogen and oxygen atoms in total. The quantitative estimate of drug-likeness (QED) is 0.464. The van der Waals surface area contributed by atoms with Crippen molar-refractivity contribution in [3.8, 4) is 5.75 Å². The van der Waals surface area contributed by atoms with Crippen LogP contribution in [0.5, 0.6) is 5.75 Å². The van der Waals surface area contributed by atoms with Crippen molar-refractivity contribution >= 4 is 12.0 Å². The summed E-state index contributed by atoms with van der Waals surface area (Å²) in [6.07, 6.45) is 2.30. The molecule has 0 aliphatic rings. The van der Waals surface area contributed by atoms with Crippen molar-refractivity contribution in [2.24, 2.45) is 7.05 Å². The zero-order valence-corrected chi connectivity index (χ0v) is 10.1. The van der Waals surface area contributed by atoms with Crippen molar-refractivity contribution in [1.82, 2.24) is 9.78 Å². The molecule has 0 radical (unpaired) electrons. The summed E-state index contributed by atoms with van der Waals surface area (Å²) in [5.74, 6) is 0.112. The molecule has 98 valence electrons. The third-order valence-corrected chi connectivity index (χ3v) is 2.46. The lowest BCUT2D eigenvalue weighted by atomic mass is 10.2. The maximum Gasteiger partial charge on any atom is 0.311 e. The van der Waals surface area contributed by atoms with Gasteiger partial charge in [0.05, 0.1) is 10.6 Å². The monoisotopic (exact) mass is 261 g/mol. The van der Waals surface area contributed by atoms with E-state index in [1.54, 1.807) is 24.0 Å². The zero-order chi connectivity index (χ0) is 13.8. The van der Waals surface area contributed by atoms with Crippen molar-refractivity contribution in [3.05, 3.63) is 51.8 Å². The average molecular weight is 261 g/mol. The summed E-state index contributed by atoms with van der Waals surface area (Å²) in [6, 6.07) is 5.81. The Labute approximate surface area is 108 Å². The second-order valence-corrected chi connectivity index (χ2v) is 3.87. The highest BCUT2D eigenvalue weighted by Crippen LogP contribution is 2.28. The molecule has 0 saturated carbocycles. The van der Waals surface area contributed by atoms with E-state index < -0.39 is 4.92 Å². The minimum Gasteiger partial charge on any atom is -0.480 e. The van der Waals surface area contributed by atoms with Gasteiger partial charge < -0.3 is 4.74 Å². The number of aldehydes is 1. The Hall–Kier alpha value is -2.70. The van der Waals surface area contributed by atoms with Crippen molar-refractivity contribution in [2.75, 3.05) is 0 Å². The van der Waals surface area contributed by atoms with E-state index in [0.29, 0.717) is 12.0 Å². The van der Waals surface area contributed by atoms with Crippen LogP contribution in [0.3, 0.4) is 0 Å². The molecule has 0 unspecified atom stereocenters. The molecule has 1 heterocycles. The number of ether oxygens (including phenoxy) is 1. The number of benzene rings is 1. The Morgan fingerprint density at radius 2 is 2.26 bits per heavy atom. The second kappa shape index (κ2) is 5.30. The van der Waals surface area contributed by atoms with Gasteiger partial charge in [0.15, 0.2) is 5.75 Å². The van der Waals surface area contributed by atoms with Crippen LogP contribution in [0.15, 0.2) is 30.5 Å². The first-order valence-corrected chi connectivity index (χ1v) is 5.45. The molecule has 0 aliphatic carbocycles. The minimum atomic E-state index is -0.583. The van der Waals surface area contributed by atoms with Crippen LogP contribution in [0.2, 0.25) is 0 Å². The van der Waals surface area contributed by atoms with E-state index in [-0.39, 0.29) is 23.6 Å². The van der Waals surface area contributed by atoms with E-state index >= 15 is 0 Å². The summed E-state index contributed by atoms with van der Waals surface area (Å²) in [6.45, 7) is 0.127. The lowest BCUT2D eigenvalue weighted by Crippen LogP contribution is -2.01. The highest BCUT2D eigenvalue weighted by atomic mass is 16.6. The largest absolute Gasteiger partial charge is 0.480 e. The highest BCUT2D eigenvalue weighted by molar-refractivity contribution is 5.77. The molecule has 1 aromatic heterocycles. The first kappa shape index (κ1) is 12.7. The summed E-state index contributed by atoms with van der Waals surface area (Å²) in [5.41, 5.74) is 0.661. The molecule has 0 atom stereocenters. The minimum absolute atomic E-state index is 0.112. The molecule has 2 aromatic rings. The van der Waals surface area contributed by atoms with Gasteiger partial charge in [0.25, 0.3) is 0 Å². The van der Waals surface area contributed by atoms with Gasteiger partial charge in [0.1, 0.15) is 12.9 Å². The first-order chi connectivity index (χ1) is 9.10. The molecular weight excluding hydrogens is 250 g/mol. The van der Waals surface area contributed by atoms with Gasteiger partial charge in [0, 0.05) is 24.9 Å². The van der Waals surface area contributed by atoms with Crippen LogP contribution in [0.1, 0.15) is 16.1 Å². The fourth-order valence-corrected chi connectivity index (χ4v) is 1.56. The molecule has 0 spiro atoms. The van der Waals surface area contributed by atoms with Crippen molar-refractivity contribution < 1.29 is 14.5 Å². The van der Waals surface area contributed by atoms with E-state index in [0.717, 1.165) is 0 Å². The number of carbonyl (C=O) groups is 1. The Kier molecular flexibility index (Phi) is 3.56. The molecule has 0 N–H and O–H groups in total. The maximum atomic E-state index is 10.9. The van der Waals surface area contributed by atoms with Gasteiger partial charge in [-0.1, -0.05) is 0 Å². The number of nitrogens with zero attached hydrogens (tertiary/aromatic N) is 3. The molecule has 7 heteroatoms. The highest BCUT2D eigenvalue weighted by Gasteiger charge is 2.16. The number of nitro groups is 1. The molecule has 19 heavy (non-hydrogen) atoms. The maximum absolute atomic E-state index is 10.9. The SMILES string of the molecule is Cn1ccc(COc2ccc(C=O)cc2[N+](=O)[O-])n1. The van der Waals surface area contributed by atoms with Crippen LogP contribution in [0.25, 0.3) is 0 Å². The van der Waals surface area contributed by atoms with Crippen LogP contribution in [0, 0.1) is 10.1 Å². The van der Waals surface area contributed by atoms with Crippen molar-refractivity contribution in [1.29, 1.82) is 0 Å². The molecule has 0 aliphatic heterocycles. The average Bonchev–Trinajstić information content (AvgIpc) is 2.82.